The maximum absolute atomic E-state index is 12.7. The summed E-state index contributed by atoms with van der Waals surface area (Å²) in [7, 11) is 0. The molecule has 1 aliphatic rings. The van der Waals surface area contributed by atoms with Crippen LogP contribution in [0.2, 0.25) is 0 Å². The maximum atomic E-state index is 12.7. The summed E-state index contributed by atoms with van der Waals surface area (Å²) in [6, 6.07) is 7.62. The fraction of sp³-hybridized carbons (Fsp3) is 0.467. The maximum Gasteiger partial charge on any atom is 0.289 e. The summed E-state index contributed by atoms with van der Waals surface area (Å²) in [4.78, 5) is 21.9. The van der Waals surface area contributed by atoms with Gasteiger partial charge in [-0.15, -0.1) is 0 Å². The molecule has 2 aromatic rings. The minimum absolute atomic E-state index is 0.0127. The second kappa shape index (κ2) is 5.83. The van der Waals surface area contributed by atoms with Gasteiger partial charge < -0.3 is 20.4 Å². The minimum Gasteiger partial charge on any atom is -0.378 e. The number of nitrogens with one attached hydrogen (secondary N) is 1. The van der Waals surface area contributed by atoms with E-state index in [2.05, 4.69) is 9.97 Å². The van der Waals surface area contributed by atoms with Crippen molar-refractivity contribution in [2.45, 2.75) is 25.4 Å². The summed E-state index contributed by atoms with van der Waals surface area (Å²) in [5, 5.41) is 0. The first-order valence-electron chi connectivity index (χ1n) is 7.28. The number of nitrogens with zero attached hydrogens (tertiary/aromatic N) is 2. The van der Waals surface area contributed by atoms with E-state index in [4.69, 9.17) is 10.5 Å². The molecule has 112 valence electrons. The summed E-state index contributed by atoms with van der Waals surface area (Å²) < 4.78 is 5.47. The first kappa shape index (κ1) is 14.0. The number of carbonyl (C=O) groups excluding carboxylic acids is 1. The molecule has 3 rings (SSSR count). The van der Waals surface area contributed by atoms with Gasteiger partial charge in [0.05, 0.1) is 30.3 Å². The highest BCUT2D eigenvalue weighted by atomic mass is 16.5. The van der Waals surface area contributed by atoms with Crippen LogP contribution < -0.4 is 5.73 Å². The molecule has 3 N–H and O–H groups in total. The Morgan fingerprint density at radius 2 is 2.29 bits per heavy atom. The summed E-state index contributed by atoms with van der Waals surface area (Å²) in [5.74, 6) is 0.272. The Morgan fingerprint density at radius 1 is 1.48 bits per heavy atom. The first-order valence-corrected chi connectivity index (χ1v) is 7.28. The number of carbonyl (C=O) groups is 1. The molecule has 1 saturated heterocycles. The van der Waals surface area contributed by atoms with Crippen LogP contribution in [0.25, 0.3) is 11.0 Å². The smallest absolute Gasteiger partial charge is 0.289 e. The molecule has 1 unspecified atom stereocenters. The van der Waals surface area contributed by atoms with Crippen molar-refractivity contribution in [3.63, 3.8) is 0 Å². The van der Waals surface area contributed by atoms with Crippen molar-refractivity contribution in [2.24, 2.45) is 5.73 Å². The number of hydrogen-bond donors (Lipinski definition) is 2. The molecule has 0 radical (unpaired) electrons. The molecule has 1 fully saturated rings. The van der Waals surface area contributed by atoms with Crippen molar-refractivity contribution >= 4 is 16.9 Å². The van der Waals surface area contributed by atoms with E-state index in [1.54, 1.807) is 4.90 Å². The average molecular weight is 288 g/mol. The molecule has 1 amide bonds. The highest BCUT2D eigenvalue weighted by molar-refractivity contribution is 5.94. The van der Waals surface area contributed by atoms with E-state index in [1.165, 1.54) is 0 Å². The third-order valence-corrected chi connectivity index (χ3v) is 3.85. The Labute approximate surface area is 123 Å². The second-order valence-electron chi connectivity index (χ2n) is 5.38. The van der Waals surface area contributed by atoms with E-state index in [9.17, 15) is 4.79 Å². The number of benzene rings is 1. The van der Waals surface area contributed by atoms with E-state index in [0.717, 1.165) is 17.5 Å². The number of H-pyrrole nitrogens is 1. The monoisotopic (exact) mass is 288 g/mol. The molecule has 2 heterocycles. The Balaban J connectivity index is 1.84. The highest BCUT2D eigenvalue weighted by Crippen LogP contribution is 2.17. The van der Waals surface area contributed by atoms with Gasteiger partial charge in [-0.25, -0.2) is 4.98 Å². The highest BCUT2D eigenvalue weighted by Gasteiger charge is 2.29. The molecule has 1 aliphatic heterocycles. The fourth-order valence-corrected chi connectivity index (χ4v) is 2.82. The molecule has 1 aromatic carbocycles. The van der Waals surface area contributed by atoms with Crippen LogP contribution in [0.3, 0.4) is 0 Å². The van der Waals surface area contributed by atoms with Crippen LogP contribution in [-0.2, 0) is 4.74 Å². The van der Waals surface area contributed by atoms with Crippen molar-refractivity contribution in [3.8, 4) is 0 Å². The Hall–Kier alpha value is -1.92. The lowest BCUT2D eigenvalue weighted by atomic mass is 10.0. The zero-order chi connectivity index (χ0) is 14.8. The number of aromatic amines is 1. The molecule has 6 heteroatoms. The van der Waals surface area contributed by atoms with E-state index < -0.39 is 0 Å². The van der Waals surface area contributed by atoms with Gasteiger partial charge in [0.1, 0.15) is 0 Å². The largest absolute Gasteiger partial charge is 0.378 e. The van der Waals surface area contributed by atoms with Crippen LogP contribution in [0, 0.1) is 0 Å². The average Bonchev–Trinajstić information content (AvgIpc) is 2.92. The number of hydrogen-bond acceptors (Lipinski definition) is 4. The fourth-order valence-electron chi connectivity index (χ4n) is 2.82. The van der Waals surface area contributed by atoms with Crippen LogP contribution in [0.1, 0.15) is 24.0 Å². The van der Waals surface area contributed by atoms with Crippen LogP contribution in [0.4, 0.5) is 0 Å². The number of rotatable bonds is 3. The number of likely N-dealkylation sites (N-methyl/N-ethyl adjacent to an activating group) is 1. The lowest BCUT2D eigenvalue weighted by Crippen LogP contribution is -2.50. The SMILES string of the molecule is CCN(C(=O)c1nc2ccccc2[nH]1)C1COC[C@@H](N)C1. The molecule has 21 heavy (non-hydrogen) atoms. The number of amides is 1. The van der Waals surface area contributed by atoms with E-state index in [0.29, 0.717) is 25.6 Å². The summed E-state index contributed by atoms with van der Waals surface area (Å²) >= 11 is 0. The molecule has 1 aromatic heterocycles. The standard InChI is InChI=1S/C15H20N4O2/c1-2-19(11-7-10(16)8-21-9-11)15(20)14-17-12-5-3-4-6-13(12)18-14/h3-6,10-11H,2,7-9,16H2,1H3,(H,17,18)/t10-,11?/m0/s1. The van der Waals surface area contributed by atoms with Gasteiger partial charge in [-0.05, 0) is 25.5 Å². The quantitative estimate of drug-likeness (QED) is 0.887. The summed E-state index contributed by atoms with van der Waals surface area (Å²) in [5.41, 5.74) is 7.60. The van der Waals surface area contributed by atoms with Gasteiger partial charge >= 0.3 is 0 Å². The molecule has 2 atom stereocenters. The predicted molar refractivity (Wildman–Crippen MR) is 80.0 cm³/mol. The number of nitrogens with two attached hydrogens (primary N) is 1. The Bertz CT molecular complexity index is 606. The molecular formula is C15H20N4O2. The summed E-state index contributed by atoms with van der Waals surface area (Å²) in [6.07, 6.45) is 0.764. The van der Waals surface area contributed by atoms with Crippen molar-refractivity contribution in [1.29, 1.82) is 0 Å². The lowest BCUT2D eigenvalue weighted by Gasteiger charge is -2.35. The van der Waals surface area contributed by atoms with Crippen LogP contribution >= 0.6 is 0 Å². The zero-order valence-corrected chi connectivity index (χ0v) is 12.1. The molecule has 0 aliphatic carbocycles. The Kier molecular flexibility index (Phi) is 3.90. The third-order valence-electron chi connectivity index (χ3n) is 3.85. The van der Waals surface area contributed by atoms with Gasteiger partial charge in [0, 0.05) is 12.6 Å². The predicted octanol–water partition coefficient (Wildman–Crippen LogP) is 1.14. The van der Waals surface area contributed by atoms with Crippen molar-refractivity contribution in [3.05, 3.63) is 30.1 Å². The number of fused-ring (bicyclic) bond motifs is 1. The molecular weight excluding hydrogens is 268 g/mol. The minimum atomic E-state index is -0.101. The van der Waals surface area contributed by atoms with Gasteiger partial charge in [0.15, 0.2) is 5.82 Å². The van der Waals surface area contributed by atoms with Gasteiger partial charge in [0.25, 0.3) is 5.91 Å². The normalized spacial score (nSPS) is 22.4. The summed E-state index contributed by atoms with van der Waals surface area (Å²) in [6.45, 7) is 3.66. The van der Waals surface area contributed by atoms with Crippen LogP contribution in [-0.4, -0.2) is 52.6 Å². The number of para-hydroxylation sites is 2. The van der Waals surface area contributed by atoms with Gasteiger partial charge in [0.2, 0.25) is 0 Å². The van der Waals surface area contributed by atoms with Crippen LogP contribution in [0.15, 0.2) is 24.3 Å². The first-order chi connectivity index (χ1) is 10.2. The Morgan fingerprint density at radius 3 is 3.00 bits per heavy atom. The molecule has 0 bridgehead atoms. The zero-order valence-electron chi connectivity index (χ0n) is 12.1. The van der Waals surface area contributed by atoms with Gasteiger partial charge in [-0.2, -0.15) is 0 Å². The second-order valence-corrected chi connectivity index (χ2v) is 5.38. The van der Waals surface area contributed by atoms with Gasteiger partial charge in [-0.3, -0.25) is 4.79 Å². The molecule has 6 nitrogen and oxygen atoms in total. The topological polar surface area (TPSA) is 84.2 Å². The van der Waals surface area contributed by atoms with E-state index in [1.807, 2.05) is 31.2 Å². The van der Waals surface area contributed by atoms with E-state index >= 15 is 0 Å². The van der Waals surface area contributed by atoms with Gasteiger partial charge in [-0.1, -0.05) is 12.1 Å². The number of ether oxygens (including phenoxy) is 1. The number of imidazole rings is 1. The van der Waals surface area contributed by atoms with E-state index in [-0.39, 0.29) is 18.0 Å². The van der Waals surface area contributed by atoms with Crippen molar-refractivity contribution in [2.75, 3.05) is 19.8 Å². The van der Waals surface area contributed by atoms with Crippen LogP contribution in [0.5, 0.6) is 0 Å². The lowest BCUT2D eigenvalue weighted by molar-refractivity contribution is 0.00958. The number of aromatic nitrogens is 2. The molecule has 0 saturated carbocycles. The molecule has 0 spiro atoms. The van der Waals surface area contributed by atoms with Crippen molar-refractivity contribution in [1.82, 2.24) is 14.9 Å². The third kappa shape index (κ3) is 2.77. The van der Waals surface area contributed by atoms with Crippen molar-refractivity contribution < 1.29 is 9.53 Å².